The van der Waals surface area contributed by atoms with E-state index in [-0.39, 0.29) is 22.0 Å². The molecule has 3 fully saturated rings. The largest absolute Gasteiger partial charge is 0.338 e. The van der Waals surface area contributed by atoms with E-state index >= 15 is 0 Å². The minimum atomic E-state index is 0.0476. The first-order chi connectivity index (χ1) is 14.4. The molecule has 3 aliphatic carbocycles. The van der Waals surface area contributed by atoms with Crippen LogP contribution in [0.5, 0.6) is 0 Å². The molecule has 3 saturated carbocycles. The summed E-state index contributed by atoms with van der Waals surface area (Å²) >= 11 is 1.71. The average Bonchev–Trinajstić information content (AvgIpc) is 3.00. The molecule has 4 rings (SSSR count). The van der Waals surface area contributed by atoms with Gasteiger partial charge in [0.15, 0.2) is 0 Å². The van der Waals surface area contributed by atoms with Gasteiger partial charge < -0.3 is 4.90 Å². The van der Waals surface area contributed by atoms with Crippen molar-refractivity contribution in [3.8, 4) is 0 Å². The molecule has 1 heterocycles. The van der Waals surface area contributed by atoms with Crippen LogP contribution in [0, 0.1) is 34.5 Å². The lowest BCUT2D eigenvalue weighted by Gasteiger charge is -2.60. The molecule has 4 nitrogen and oxygen atoms in total. The van der Waals surface area contributed by atoms with E-state index in [1.807, 2.05) is 22.3 Å². The van der Waals surface area contributed by atoms with Crippen LogP contribution in [0.3, 0.4) is 0 Å². The Morgan fingerprint density at radius 1 is 1.16 bits per heavy atom. The highest BCUT2D eigenvalue weighted by Gasteiger charge is 2.60. The van der Waals surface area contributed by atoms with Crippen LogP contribution in [-0.2, 0) is 9.59 Å². The number of hydrogen-bond donors (Lipinski definition) is 0. The summed E-state index contributed by atoms with van der Waals surface area (Å²) in [4.78, 5) is 26.7. The molecule has 0 aromatic rings. The van der Waals surface area contributed by atoms with Crippen LogP contribution >= 0.6 is 11.9 Å². The lowest BCUT2D eigenvalue weighted by molar-refractivity contribution is -0.139. The smallest absolute Gasteiger partial charge is 0.246 e. The second kappa shape index (κ2) is 7.81. The Hall–Kier alpha value is -0.970. The number of carbonyl (C=O) groups is 2. The topological polar surface area (TPSA) is 40.6 Å². The third kappa shape index (κ3) is 3.87. The summed E-state index contributed by atoms with van der Waals surface area (Å²) < 4.78 is 2.10. The first kappa shape index (κ1) is 23.2. The number of fused-ring (bicyclic) bond motifs is 5. The van der Waals surface area contributed by atoms with Gasteiger partial charge in [-0.05, 0) is 106 Å². The van der Waals surface area contributed by atoms with Crippen molar-refractivity contribution >= 4 is 23.8 Å². The molecule has 5 heteroatoms. The molecule has 7 atom stereocenters. The quantitative estimate of drug-likeness (QED) is 0.535. The van der Waals surface area contributed by atoms with Crippen LogP contribution in [0.4, 0.5) is 0 Å². The van der Waals surface area contributed by atoms with Crippen molar-refractivity contribution in [2.75, 3.05) is 13.6 Å². The second-order valence-electron chi connectivity index (χ2n) is 12.2. The molecular formula is C26H42N2O2S. The van der Waals surface area contributed by atoms with Gasteiger partial charge in [0.2, 0.25) is 11.8 Å². The zero-order valence-corrected chi connectivity index (χ0v) is 21.4. The summed E-state index contributed by atoms with van der Waals surface area (Å²) in [6, 6.07) is 0.351. The third-order valence-corrected chi connectivity index (χ3v) is 10.6. The highest BCUT2D eigenvalue weighted by atomic mass is 32.2. The van der Waals surface area contributed by atoms with Gasteiger partial charge in [0, 0.05) is 36.7 Å². The van der Waals surface area contributed by atoms with Crippen LogP contribution in [0.15, 0.2) is 12.2 Å². The average molecular weight is 447 g/mol. The minimum absolute atomic E-state index is 0.0476. The van der Waals surface area contributed by atoms with Crippen molar-refractivity contribution in [2.24, 2.45) is 34.5 Å². The Kier molecular flexibility index (Phi) is 5.85. The summed E-state index contributed by atoms with van der Waals surface area (Å²) in [6.07, 6.45) is 11.5. The lowest BCUT2D eigenvalue weighted by Crippen LogP contribution is -2.59. The fraction of sp³-hybridized carbons (Fsp3) is 0.846. The maximum Gasteiger partial charge on any atom is 0.246 e. The van der Waals surface area contributed by atoms with Crippen molar-refractivity contribution in [3.05, 3.63) is 12.2 Å². The van der Waals surface area contributed by atoms with Gasteiger partial charge in [0.05, 0.1) is 0 Å². The molecule has 31 heavy (non-hydrogen) atoms. The van der Waals surface area contributed by atoms with Gasteiger partial charge in [-0.3, -0.25) is 13.9 Å². The highest BCUT2D eigenvalue weighted by molar-refractivity contribution is 7.98. The van der Waals surface area contributed by atoms with Gasteiger partial charge >= 0.3 is 0 Å². The molecule has 0 bridgehead atoms. The van der Waals surface area contributed by atoms with E-state index in [0.717, 1.165) is 24.8 Å². The van der Waals surface area contributed by atoms with Crippen molar-refractivity contribution < 1.29 is 9.59 Å². The predicted octanol–water partition coefficient (Wildman–Crippen LogP) is 5.54. The molecule has 4 aliphatic rings. The molecule has 0 aromatic carbocycles. The number of rotatable bonds is 3. The molecule has 0 saturated heterocycles. The standard InChI is InChI=1S/C26H42N2O2S/c1-17(29)28(31-24(2,3)4)16-18-8-10-20-19-9-11-22-26(6,15-13-23(30)27(22)7)21(19)12-14-25(18,20)5/h13,15,18-22H,8-12,14,16H2,1-7H3/t18?,19-,20-,21-,22+,25+,26+/m0/s1. The van der Waals surface area contributed by atoms with Crippen LogP contribution in [0.1, 0.15) is 80.1 Å². The zero-order valence-electron chi connectivity index (χ0n) is 20.6. The maximum atomic E-state index is 12.4. The lowest BCUT2D eigenvalue weighted by atomic mass is 9.47. The van der Waals surface area contributed by atoms with Gasteiger partial charge in [-0.15, -0.1) is 0 Å². The van der Waals surface area contributed by atoms with E-state index in [1.54, 1.807) is 18.9 Å². The Morgan fingerprint density at radius 3 is 2.52 bits per heavy atom. The van der Waals surface area contributed by atoms with Crippen molar-refractivity contribution in [1.82, 2.24) is 9.21 Å². The number of likely N-dealkylation sites (N-methyl/N-ethyl adjacent to an activating group) is 1. The van der Waals surface area contributed by atoms with Crippen molar-refractivity contribution in [2.45, 2.75) is 90.9 Å². The SMILES string of the molecule is CC(=O)N(CC1CC[C@H]2[C@@H]3CC[C@H]4N(C)C(=O)C=C[C@]4(C)[C@H]3CC[C@]12C)SC(C)(C)C. The maximum absolute atomic E-state index is 12.4. The van der Waals surface area contributed by atoms with Crippen LogP contribution in [0.2, 0.25) is 0 Å². The number of hydrogen-bond acceptors (Lipinski definition) is 3. The van der Waals surface area contributed by atoms with E-state index in [0.29, 0.717) is 23.3 Å². The number of nitrogens with zero attached hydrogens (tertiary/aromatic N) is 2. The Balaban J connectivity index is 1.55. The van der Waals surface area contributed by atoms with Crippen LogP contribution in [0.25, 0.3) is 0 Å². The molecule has 0 N–H and O–H groups in total. The van der Waals surface area contributed by atoms with E-state index in [1.165, 1.54) is 32.1 Å². The Labute approximate surface area is 193 Å². The molecule has 2 amide bonds. The summed E-state index contributed by atoms with van der Waals surface area (Å²) in [5.41, 5.74) is 0.440. The highest BCUT2D eigenvalue weighted by Crippen LogP contribution is 2.65. The van der Waals surface area contributed by atoms with Crippen LogP contribution < -0.4 is 0 Å². The monoisotopic (exact) mass is 446 g/mol. The van der Waals surface area contributed by atoms with E-state index in [9.17, 15) is 9.59 Å². The van der Waals surface area contributed by atoms with E-state index in [4.69, 9.17) is 0 Å². The van der Waals surface area contributed by atoms with Crippen molar-refractivity contribution in [3.63, 3.8) is 0 Å². The molecule has 0 aromatic heterocycles. The first-order valence-corrected chi connectivity index (χ1v) is 13.1. The first-order valence-electron chi connectivity index (χ1n) is 12.3. The molecule has 0 radical (unpaired) electrons. The summed E-state index contributed by atoms with van der Waals surface area (Å²) in [5.74, 6) is 3.12. The van der Waals surface area contributed by atoms with Gasteiger partial charge in [-0.1, -0.05) is 19.9 Å². The molecule has 1 aliphatic heterocycles. The van der Waals surface area contributed by atoms with E-state index < -0.39 is 0 Å². The van der Waals surface area contributed by atoms with Gasteiger partial charge in [0.25, 0.3) is 0 Å². The summed E-state index contributed by atoms with van der Waals surface area (Å²) in [6.45, 7) is 14.1. The predicted molar refractivity (Wildman–Crippen MR) is 128 cm³/mol. The summed E-state index contributed by atoms with van der Waals surface area (Å²) in [5, 5.41) is 0. The van der Waals surface area contributed by atoms with Crippen LogP contribution in [-0.4, -0.2) is 45.4 Å². The second-order valence-corrected chi connectivity index (χ2v) is 14.1. The molecule has 1 unspecified atom stereocenters. The fourth-order valence-corrected chi connectivity index (χ4v) is 8.95. The summed E-state index contributed by atoms with van der Waals surface area (Å²) in [7, 11) is 2.00. The minimum Gasteiger partial charge on any atom is -0.338 e. The van der Waals surface area contributed by atoms with Gasteiger partial charge in [0.1, 0.15) is 0 Å². The molecule has 174 valence electrons. The molecular weight excluding hydrogens is 404 g/mol. The Bertz CT molecular complexity index is 774. The van der Waals surface area contributed by atoms with Crippen molar-refractivity contribution in [1.29, 1.82) is 0 Å². The number of carbonyl (C=O) groups excluding carboxylic acids is 2. The Morgan fingerprint density at radius 2 is 1.87 bits per heavy atom. The van der Waals surface area contributed by atoms with Gasteiger partial charge in [-0.2, -0.15) is 0 Å². The number of amides is 2. The normalized spacial score (nSPS) is 42.1. The zero-order chi connectivity index (χ0) is 22.8. The van der Waals surface area contributed by atoms with Gasteiger partial charge in [-0.25, -0.2) is 0 Å². The third-order valence-electron chi connectivity index (χ3n) is 9.45. The molecule has 0 spiro atoms. The van der Waals surface area contributed by atoms with E-state index in [2.05, 4.69) is 40.7 Å². The fourth-order valence-electron chi connectivity index (χ4n) is 7.91.